The molecule has 0 bridgehead atoms. The molecule has 4 rings (SSSR count). The standard InChI is InChI=1S/C17H20N4O3.C2HF3O2/c22-17(20-16-8-18-3-4-19-16)14-7-13-1-5-21(10-15(13)24-14)9-12-2-6-23-11-12;3-2(4,5)1(6)7/h2-4,6,8,11,13-15H,1,5,7,9-10H2,(H,19,20,22);(H,6,7)/t13-,14+,15+;/m0./s1. The topological polar surface area (TPSA) is 118 Å². The number of nitrogens with zero attached hydrogens (tertiary/aromatic N) is 3. The van der Waals surface area contributed by atoms with E-state index in [1.54, 1.807) is 24.9 Å². The van der Waals surface area contributed by atoms with Gasteiger partial charge in [0.1, 0.15) is 6.10 Å². The molecule has 0 unspecified atom stereocenters. The number of ether oxygens (including phenoxy) is 1. The van der Waals surface area contributed by atoms with Crippen molar-refractivity contribution in [3.05, 3.63) is 42.7 Å². The Morgan fingerprint density at radius 1 is 1.32 bits per heavy atom. The van der Waals surface area contributed by atoms with Crippen molar-refractivity contribution in [2.24, 2.45) is 5.92 Å². The molecule has 2 aromatic heterocycles. The molecule has 0 radical (unpaired) electrons. The van der Waals surface area contributed by atoms with Crippen molar-refractivity contribution in [2.45, 2.75) is 37.8 Å². The van der Waals surface area contributed by atoms with Crippen LogP contribution in [0.1, 0.15) is 18.4 Å². The van der Waals surface area contributed by atoms with Gasteiger partial charge in [0, 0.05) is 31.0 Å². The van der Waals surface area contributed by atoms with Crippen LogP contribution in [0.5, 0.6) is 0 Å². The van der Waals surface area contributed by atoms with Crippen LogP contribution in [0.4, 0.5) is 19.0 Å². The lowest BCUT2D eigenvalue weighted by atomic mass is 9.91. The zero-order valence-corrected chi connectivity index (χ0v) is 16.3. The number of nitrogens with one attached hydrogen (secondary N) is 1. The highest BCUT2D eigenvalue weighted by atomic mass is 19.4. The number of alkyl halides is 3. The maximum atomic E-state index is 12.4. The molecule has 9 nitrogen and oxygen atoms in total. The van der Waals surface area contributed by atoms with E-state index in [1.807, 2.05) is 6.07 Å². The molecule has 3 atom stereocenters. The molecule has 2 fully saturated rings. The fourth-order valence-electron chi connectivity index (χ4n) is 3.52. The maximum absolute atomic E-state index is 12.4. The third-order valence-corrected chi connectivity index (χ3v) is 4.97. The van der Waals surface area contributed by atoms with E-state index in [0.717, 1.165) is 32.5 Å². The monoisotopic (exact) mass is 442 g/mol. The highest BCUT2D eigenvalue weighted by Crippen LogP contribution is 2.34. The van der Waals surface area contributed by atoms with Gasteiger partial charge in [0.05, 0.1) is 24.8 Å². The lowest BCUT2D eigenvalue weighted by Gasteiger charge is -2.33. The quantitative estimate of drug-likeness (QED) is 0.741. The Bertz CT molecular complexity index is 863. The fraction of sp³-hybridized carbons (Fsp3) is 0.474. The van der Waals surface area contributed by atoms with Gasteiger partial charge >= 0.3 is 12.1 Å². The largest absolute Gasteiger partial charge is 0.490 e. The lowest BCUT2D eigenvalue weighted by Crippen LogP contribution is -2.41. The van der Waals surface area contributed by atoms with Gasteiger partial charge in [-0.15, -0.1) is 0 Å². The molecule has 4 heterocycles. The van der Waals surface area contributed by atoms with Crippen molar-refractivity contribution in [1.82, 2.24) is 14.9 Å². The Hall–Kier alpha value is -2.99. The number of carbonyl (C=O) groups excluding carboxylic acids is 1. The second kappa shape index (κ2) is 9.88. The van der Waals surface area contributed by atoms with E-state index in [4.69, 9.17) is 19.1 Å². The number of aromatic nitrogens is 2. The minimum Gasteiger partial charge on any atom is -0.475 e. The zero-order chi connectivity index (χ0) is 22.4. The summed E-state index contributed by atoms with van der Waals surface area (Å²) < 4.78 is 42.9. The average Bonchev–Trinajstić information content (AvgIpc) is 3.38. The third-order valence-electron chi connectivity index (χ3n) is 4.97. The molecule has 12 heteroatoms. The van der Waals surface area contributed by atoms with E-state index >= 15 is 0 Å². The van der Waals surface area contributed by atoms with E-state index in [9.17, 15) is 18.0 Å². The van der Waals surface area contributed by atoms with Crippen LogP contribution in [0, 0.1) is 5.92 Å². The number of fused-ring (bicyclic) bond motifs is 1. The Morgan fingerprint density at radius 2 is 2.10 bits per heavy atom. The molecule has 2 saturated heterocycles. The van der Waals surface area contributed by atoms with Crippen molar-refractivity contribution in [1.29, 1.82) is 0 Å². The molecule has 168 valence electrons. The van der Waals surface area contributed by atoms with Gasteiger partial charge in [-0.2, -0.15) is 13.2 Å². The Balaban J connectivity index is 0.000000339. The van der Waals surface area contributed by atoms with Gasteiger partial charge in [-0.05, 0) is 31.4 Å². The number of anilines is 1. The number of amides is 1. The van der Waals surface area contributed by atoms with Gasteiger partial charge in [0.25, 0.3) is 5.91 Å². The van der Waals surface area contributed by atoms with Crippen LogP contribution in [0.2, 0.25) is 0 Å². The van der Waals surface area contributed by atoms with Gasteiger partial charge in [-0.3, -0.25) is 14.7 Å². The smallest absolute Gasteiger partial charge is 0.475 e. The van der Waals surface area contributed by atoms with E-state index < -0.39 is 18.2 Å². The lowest BCUT2D eigenvalue weighted by molar-refractivity contribution is -0.192. The highest BCUT2D eigenvalue weighted by Gasteiger charge is 2.42. The molecule has 2 aromatic rings. The molecule has 2 aliphatic heterocycles. The normalized spacial score (nSPS) is 23.4. The molecule has 0 aliphatic carbocycles. The van der Waals surface area contributed by atoms with Crippen LogP contribution in [0.25, 0.3) is 0 Å². The number of hydrogen-bond donors (Lipinski definition) is 2. The van der Waals surface area contributed by atoms with Crippen molar-refractivity contribution < 1.29 is 37.0 Å². The first-order chi connectivity index (χ1) is 14.7. The van der Waals surface area contributed by atoms with Crippen LogP contribution < -0.4 is 5.32 Å². The molecule has 2 aliphatic rings. The van der Waals surface area contributed by atoms with Crippen LogP contribution in [-0.2, 0) is 20.9 Å². The summed E-state index contributed by atoms with van der Waals surface area (Å²) in [6.07, 6.45) is 4.59. The molecule has 0 saturated carbocycles. The predicted molar refractivity (Wildman–Crippen MR) is 99.7 cm³/mol. The second-order valence-electron chi connectivity index (χ2n) is 7.20. The number of carboxylic acids is 1. The summed E-state index contributed by atoms with van der Waals surface area (Å²) in [4.78, 5) is 31.6. The van der Waals surface area contributed by atoms with Crippen molar-refractivity contribution in [3.63, 3.8) is 0 Å². The van der Waals surface area contributed by atoms with E-state index in [2.05, 4.69) is 20.2 Å². The maximum Gasteiger partial charge on any atom is 0.490 e. The van der Waals surface area contributed by atoms with Gasteiger partial charge in [-0.1, -0.05) is 0 Å². The van der Waals surface area contributed by atoms with E-state index in [1.165, 1.54) is 11.8 Å². The minimum atomic E-state index is -5.08. The molecule has 0 aromatic carbocycles. The first-order valence-electron chi connectivity index (χ1n) is 9.48. The second-order valence-corrected chi connectivity index (χ2v) is 7.20. The third kappa shape index (κ3) is 6.49. The van der Waals surface area contributed by atoms with E-state index in [-0.39, 0.29) is 12.0 Å². The number of furan rings is 1. The number of rotatable bonds is 4. The number of likely N-dealkylation sites (tertiary alicyclic amines) is 1. The van der Waals surface area contributed by atoms with Gasteiger partial charge in [0.2, 0.25) is 0 Å². The van der Waals surface area contributed by atoms with Crippen molar-refractivity contribution in [2.75, 3.05) is 18.4 Å². The molecule has 2 N–H and O–H groups in total. The fourth-order valence-corrected chi connectivity index (χ4v) is 3.52. The number of carboxylic acid groups (broad SMARTS) is 1. The summed E-state index contributed by atoms with van der Waals surface area (Å²) in [5.74, 6) is -1.98. The van der Waals surface area contributed by atoms with Crippen LogP contribution in [-0.4, -0.2) is 63.3 Å². The summed E-state index contributed by atoms with van der Waals surface area (Å²) >= 11 is 0. The van der Waals surface area contributed by atoms with Gasteiger partial charge in [-0.25, -0.2) is 9.78 Å². The molecule has 1 amide bonds. The van der Waals surface area contributed by atoms with Crippen LogP contribution in [0.15, 0.2) is 41.6 Å². The Kier molecular flexibility index (Phi) is 7.23. The minimum absolute atomic E-state index is 0.114. The highest BCUT2D eigenvalue weighted by molar-refractivity contribution is 5.93. The van der Waals surface area contributed by atoms with Gasteiger partial charge in [0.15, 0.2) is 5.82 Å². The van der Waals surface area contributed by atoms with Crippen molar-refractivity contribution >= 4 is 17.7 Å². The summed E-state index contributed by atoms with van der Waals surface area (Å²) in [5, 5.41) is 9.90. The Morgan fingerprint density at radius 3 is 2.71 bits per heavy atom. The summed E-state index contributed by atoms with van der Waals surface area (Å²) in [7, 11) is 0. The van der Waals surface area contributed by atoms with Crippen LogP contribution >= 0.6 is 0 Å². The molecule has 31 heavy (non-hydrogen) atoms. The number of piperidine rings is 1. The Labute approximate surface area is 175 Å². The van der Waals surface area contributed by atoms with Crippen LogP contribution in [0.3, 0.4) is 0 Å². The van der Waals surface area contributed by atoms with E-state index in [0.29, 0.717) is 11.7 Å². The predicted octanol–water partition coefficient (Wildman–Crippen LogP) is 2.32. The SMILES string of the molecule is O=C(Nc1cnccn1)[C@H]1C[C@@H]2CCN(Cc3ccoc3)C[C@H]2O1.O=C(O)C(F)(F)F. The molecule has 0 spiro atoms. The molecular weight excluding hydrogens is 421 g/mol. The first kappa shape index (κ1) is 22.7. The zero-order valence-electron chi connectivity index (χ0n) is 16.3. The summed E-state index contributed by atoms with van der Waals surface area (Å²) in [6.45, 7) is 2.73. The summed E-state index contributed by atoms with van der Waals surface area (Å²) in [6, 6.07) is 1.98. The number of aliphatic carboxylic acids is 1. The number of hydrogen-bond acceptors (Lipinski definition) is 7. The molecular formula is C19H21F3N4O5. The summed E-state index contributed by atoms with van der Waals surface area (Å²) in [5.41, 5.74) is 1.17. The van der Waals surface area contributed by atoms with Gasteiger partial charge < -0.3 is 19.6 Å². The van der Waals surface area contributed by atoms with Crippen molar-refractivity contribution in [3.8, 4) is 0 Å². The number of carbonyl (C=O) groups is 2. The average molecular weight is 442 g/mol. The first-order valence-corrected chi connectivity index (χ1v) is 9.48. The number of halogens is 3.